The molecular formula is C16H22N6O. The molecule has 122 valence electrons. The van der Waals surface area contributed by atoms with E-state index in [1.54, 1.807) is 0 Å². The Labute approximate surface area is 135 Å². The highest BCUT2D eigenvalue weighted by molar-refractivity contribution is 5.89. The minimum absolute atomic E-state index is 0.0725. The third kappa shape index (κ3) is 4.77. The van der Waals surface area contributed by atoms with E-state index < -0.39 is 0 Å². The van der Waals surface area contributed by atoms with Crippen LogP contribution in [0.25, 0.3) is 10.9 Å². The molecule has 0 spiro atoms. The fraction of sp³-hybridized carbons (Fsp3) is 0.250. The average molecular weight is 314 g/mol. The Morgan fingerprint density at radius 2 is 2.00 bits per heavy atom. The average Bonchev–Trinajstić information content (AvgIpc) is 2.54. The number of aromatic nitrogens is 4. The van der Waals surface area contributed by atoms with Gasteiger partial charge in [0, 0.05) is 5.70 Å². The lowest BCUT2D eigenvalue weighted by Crippen LogP contribution is -2.14. The minimum atomic E-state index is -0.374. The molecule has 0 aliphatic rings. The van der Waals surface area contributed by atoms with Gasteiger partial charge in [0.05, 0.1) is 6.20 Å². The number of rotatable bonds is 4. The minimum Gasteiger partial charge on any atom is -0.368 e. The van der Waals surface area contributed by atoms with E-state index in [1.807, 2.05) is 58.1 Å². The van der Waals surface area contributed by atoms with Crippen LogP contribution in [0.4, 0.5) is 11.8 Å². The van der Waals surface area contributed by atoms with Crippen LogP contribution in [0, 0.1) is 0 Å². The maximum absolute atomic E-state index is 11.9. The van der Waals surface area contributed by atoms with Crippen molar-refractivity contribution in [2.45, 2.75) is 27.7 Å². The number of allylic oxidation sites excluding steroid dienone is 5. The van der Waals surface area contributed by atoms with Crippen LogP contribution in [-0.4, -0.2) is 20.2 Å². The molecule has 0 atom stereocenters. The van der Waals surface area contributed by atoms with Gasteiger partial charge in [0.25, 0.3) is 5.56 Å². The van der Waals surface area contributed by atoms with Crippen molar-refractivity contribution < 1.29 is 0 Å². The predicted molar refractivity (Wildman–Crippen MR) is 95.0 cm³/mol. The highest BCUT2D eigenvalue weighted by Crippen LogP contribution is 2.18. The van der Waals surface area contributed by atoms with Crippen molar-refractivity contribution in [3.05, 3.63) is 52.6 Å². The summed E-state index contributed by atoms with van der Waals surface area (Å²) in [4.78, 5) is 20.0. The molecule has 0 fully saturated rings. The molecule has 0 aliphatic heterocycles. The van der Waals surface area contributed by atoms with E-state index in [2.05, 4.69) is 25.5 Å². The standard InChI is InChI=1S/C14H16N6O.C2H6/c1-3-5-7-9(6-4-2)17-12-11-10(18-14(15)19-12)8-16-20-13(11)21;1-2/h3-8H,1-2H3,(H,20,21)(H3,15,17,18,19);1-2H3/b5-3-,6-4-,9-7+;. The van der Waals surface area contributed by atoms with Crippen LogP contribution in [0.1, 0.15) is 27.7 Å². The molecule has 2 heterocycles. The molecule has 23 heavy (non-hydrogen) atoms. The Morgan fingerprint density at radius 3 is 2.65 bits per heavy atom. The monoisotopic (exact) mass is 314 g/mol. The Balaban J connectivity index is 0.00000127. The smallest absolute Gasteiger partial charge is 0.277 e. The van der Waals surface area contributed by atoms with Gasteiger partial charge >= 0.3 is 0 Å². The first-order valence-corrected chi connectivity index (χ1v) is 7.39. The van der Waals surface area contributed by atoms with Crippen LogP contribution in [0.3, 0.4) is 0 Å². The first-order chi connectivity index (χ1) is 11.2. The number of nitrogens with one attached hydrogen (secondary N) is 2. The number of nitrogens with zero attached hydrogens (tertiary/aromatic N) is 3. The first kappa shape index (κ1) is 18.1. The molecule has 7 heteroatoms. The molecule has 0 aromatic carbocycles. The molecule has 2 aromatic rings. The zero-order chi connectivity index (χ0) is 17.2. The molecule has 0 unspecified atom stereocenters. The van der Waals surface area contributed by atoms with E-state index in [0.717, 1.165) is 5.70 Å². The van der Waals surface area contributed by atoms with Crippen molar-refractivity contribution in [1.82, 2.24) is 20.2 Å². The van der Waals surface area contributed by atoms with Gasteiger partial charge < -0.3 is 11.1 Å². The number of anilines is 2. The highest BCUT2D eigenvalue weighted by atomic mass is 16.1. The van der Waals surface area contributed by atoms with Gasteiger partial charge in [-0.1, -0.05) is 32.1 Å². The zero-order valence-electron chi connectivity index (χ0n) is 13.8. The number of aromatic amines is 1. The molecule has 0 saturated heterocycles. The third-order valence-electron chi connectivity index (χ3n) is 2.61. The lowest BCUT2D eigenvalue weighted by atomic mass is 10.3. The Morgan fingerprint density at radius 1 is 1.26 bits per heavy atom. The van der Waals surface area contributed by atoms with Crippen LogP contribution in [0.15, 0.2) is 47.1 Å². The normalized spacial score (nSPS) is 11.7. The molecule has 0 bridgehead atoms. The van der Waals surface area contributed by atoms with Crippen LogP contribution in [-0.2, 0) is 0 Å². The summed E-state index contributed by atoms with van der Waals surface area (Å²) in [6, 6.07) is 0. The lowest BCUT2D eigenvalue weighted by Gasteiger charge is -2.09. The molecule has 0 aliphatic carbocycles. The number of hydrogen-bond donors (Lipinski definition) is 3. The fourth-order valence-corrected chi connectivity index (χ4v) is 1.77. The van der Waals surface area contributed by atoms with Gasteiger partial charge in [-0.25, -0.2) is 10.1 Å². The summed E-state index contributed by atoms with van der Waals surface area (Å²) < 4.78 is 0. The second kappa shape index (κ2) is 9.14. The van der Waals surface area contributed by atoms with Crippen molar-refractivity contribution in [2.75, 3.05) is 11.1 Å². The summed E-state index contributed by atoms with van der Waals surface area (Å²) >= 11 is 0. The van der Waals surface area contributed by atoms with Crippen molar-refractivity contribution in [3.63, 3.8) is 0 Å². The third-order valence-corrected chi connectivity index (χ3v) is 2.61. The summed E-state index contributed by atoms with van der Waals surface area (Å²) in [6.45, 7) is 7.81. The molecule has 4 N–H and O–H groups in total. The van der Waals surface area contributed by atoms with Gasteiger partial charge in [0.15, 0.2) is 0 Å². The van der Waals surface area contributed by atoms with Crippen molar-refractivity contribution >= 4 is 22.7 Å². The zero-order valence-corrected chi connectivity index (χ0v) is 13.8. The Kier molecular flexibility index (Phi) is 7.19. The second-order valence-electron chi connectivity index (χ2n) is 4.16. The van der Waals surface area contributed by atoms with Gasteiger partial charge in [-0.15, -0.1) is 0 Å². The summed E-state index contributed by atoms with van der Waals surface area (Å²) in [5.41, 5.74) is 6.45. The second-order valence-corrected chi connectivity index (χ2v) is 4.16. The van der Waals surface area contributed by atoms with E-state index in [4.69, 9.17) is 5.73 Å². The summed E-state index contributed by atoms with van der Waals surface area (Å²) in [7, 11) is 0. The van der Waals surface area contributed by atoms with E-state index in [-0.39, 0.29) is 11.5 Å². The number of fused-ring (bicyclic) bond motifs is 1. The first-order valence-electron chi connectivity index (χ1n) is 7.39. The van der Waals surface area contributed by atoms with Gasteiger partial charge in [-0.2, -0.15) is 10.1 Å². The summed E-state index contributed by atoms with van der Waals surface area (Å²) in [5.74, 6) is 0.415. The molecule has 2 aromatic heterocycles. The quantitative estimate of drug-likeness (QED) is 0.749. The molecule has 2 rings (SSSR count). The lowest BCUT2D eigenvalue weighted by molar-refractivity contribution is 1.00. The molecular weight excluding hydrogens is 292 g/mol. The van der Waals surface area contributed by atoms with Gasteiger partial charge in [-0.3, -0.25) is 4.79 Å². The topological polar surface area (TPSA) is 110 Å². The summed E-state index contributed by atoms with van der Waals surface area (Å²) in [6.07, 6.45) is 10.8. The van der Waals surface area contributed by atoms with Crippen LogP contribution < -0.4 is 16.6 Å². The SMILES string of the molecule is CC.C\C=C/C=C(\C=C/C)Nc1nc(N)nc2cn[nH]c(=O)c12. The van der Waals surface area contributed by atoms with E-state index in [1.165, 1.54) is 6.20 Å². The fourth-order valence-electron chi connectivity index (χ4n) is 1.77. The van der Waals surface area contributed by atoms with Gasteiger partial charge in [0.1, 0.15) is 16.7 Å². The van der Waals surface area contributed by atoms with Crippen molar-refractivity contribution in [1.29, 1.82) is 0 Å². The van der Waals surface area contributed by atoms with E-state index in [0.29, 0.717) is 16.7 Å². The molecule has 0 radical (unpaired) electrons. The van der Waals surface area contributed by atoms with E-state index in [9.17, 15) is 4.79 Å². The van der Waals surface area contributed by atoms with Crippen LogP contribution in [0.2, 0.25) is 0 Å². The van der Waals surface area contributed by atoms with Crippen LogP contribution >= 0.6 is 0 Å². The molecule has 0 amide bonds. The maximum Gasteiger partial charge on any atom is 0.277 e. The van der Waals surface area contributed by atoms with Gasteiger partial charge in [-0.05, 0) is 26.0 Å². The molecule has 7 nitrogen and oxygen atoms in total. The van der Waals surface area contributed by atoms with Gasteiger partial charge in [0.2, 0.25) is 5.95 Å². The number of nitrogen functional groups attached to an aromatic ring is 1. The van der Waals surface area contributed by atoms with Crippen LogP contribution in [0.5, 0.6) is 0 Å². The Bertz CT molecular complexity index is 789. The predicted octanol–water partition coefficient (Wildman–Crippen LogP) is 2.77. The highest BCUT2D eigenvalue weighted by Gasteiger charge is 2.10. The Hall–Kier alpha value is -2.96. The van der Waals surface area contributed by atoms with Crippen molar-refractivity contribution in [3.8, 4) is 0 Å². The van der Waals surface area contributed by atoms with Crippen molar-refractivity contribution in [2.24, 2.45) is 0 Å². The summed E-state index contributed by atoms with van der Waals surface area (Å²) in [5, 5.41) is 9.47. The number of H-pyrrole nitrogens is 1. The largest absolute Gasteiger partial charge is 0.368 e. The molecule has 0 saturated carbocycles. The number of nitrogens with two attached hydrogens (primary N) is 1. The number of hydrogen-bond acceptors (Lipinski definition) is 6. The maximum atomic E-state index is 11.9. The van der Waals surface area contributed by atoms with E-state index >= 15 is 0 Å².